The van der Waals surface area contributed by atoms with Crippen LogP contribution in [-0.4, -0.2) is 25.5 Å². The van der Waals surface area contributed by atoms with Gasteiger partial charge in [-0.2, -0.15) is 10.2 Å². The number of rotatable bonds is 4. The molecule has 0 fully saturated rings. The fourth-order valence-electron chi connectivity index (χ4n) is 3.02. The number of benzene rings is 2. The largest absolute Gasteiger partial charge is 0.319 e. The quantitative estimate of drug-likeness (QED) is 0.602. The van der Waals surface area contributed by atoms with E-state index in [-0.39, 0.29) is 5.91 Å². The molecule has 0 bridgehead atoms. The zero-order chi connectivity index (χ0) is 18.8. The fourth-order valence-corrected chi connectivity index (χ4v) is 3.02. The Kier molecular flexibility index (Phi) is 4.30. The Morgan fingerprint density at radius 2 is 1.67 bits per heavy atom. The summed E-state index contributed by atoms with van der Waals surface area (Å²) in [5.41, 5.74) is 4.85. The SMILES string of the molecule is Cc1nn(-c2ccccc2)c(C)c1NC(=O)c1ccc(-n2cccn2)cc1. The number of nitrogens with zero attached hydrogens (tertiary/aromatic N) is 4. The molecule has 2 aromatic heterocycles. The number of para-hydroxylation sites is 1. The van der Waals surface area contributed by atoms with Crippen LogP contribution in [-0.2, 0) is 0 Å². The second kappa shape index (κ2) is 6.92. The van der Waals surface area contributed by atoms with E-state index in [0.717, 1.165) is 28.5 Å². The maximum absolute atomic E-state index is 12.7. The molecule has 1 amide bonds. The minimum atomic E-state index is -0.166. The van der Waals surface area contributed by atoms with Crippen molar-refractivity contribution in [3.05, 3.63) is 90.0 Å². The Morgan fingerprint density at radius 3 is 2.33 bits per heavy atom. The maximum atomic E-state index is 12.7. The molecule has 6 heteroatoms. The molecule has 1 N–H and O–H groups in total. The standard InChI is InChI=1S/C21H19N5O/c1-15-20(16(2)26(24-15)19-7-4-3-5-8-19)23-21(27)17-9-11-18(12-10-17)25-14-6-13-22-25/h3-14H,1-2H3,(H,23,27). The van der Waals surface area contributed by atoms with Crippen LogP contribution in [0.2, 0.25) is 0 Å². The van der Waals surface area contributed by atoms with Crippen LogP contribution in [0.15, 0.2) is 73.1 Å². The van der Waals surface area contributed by atoms with E-state index < -0.39 is 0 Å². The smallest absolute Gasteiger partial charge is 0.255 e. The average molecular weight is 357 g/mol. The van der Waals surface area contributed by atoms with Gasteiger partial charge in [0.1, 0.15) is 0 Å². The number of hydrogen-bond donors (Lipinski definition) is 1. The van der Waals surface area contributed by atoms with E-state index in [2.05, 4.69) is 15.5 Å². The molecule has 0 radical (unpaired) electrons. The van der Waals surface area contributed by atoms with E-state index in [1.54, 1.807) is 23.0 Å². The number of aromatic nitrogens is 4. The van der Waals surface area contributed by atoms with Gasteiger partial charge in [-0.25, -0.2) is 9.36 Å². The Hall–Kier alpha value is -3.67. The van der Waals surface area contributed by atoms with Crippen molar-refractivity contribution in [1.29, 1.82) is 0 Å². The molecule has 0 saturated heterocycles. The van der Waals surface area contributed by atoms with Crippen molar-refractivity contribution in [2.45, 2.75) is 13.8 Å². The van der Waals surface area contributed by atoms with E-state index in [1.807, 2.05) is 73.3 Å². The summed E-state index contributed by atoms with van der Waals surface area (Å²) in [6, 6.07) is 19.0. The normalized spacial score (nSPS) is 10.7. The summed E-state index contributed by atoms with van der Waals surface area (Å²) in [5, 5.41) is 11.7. The number of carbonyl (C=O) groups excluding carboxylic acids is 1. The lowest BCUT2D eigenvalue weighted by atomic mass is 10.2. The zero-order valence-electron chi connectivity index (χ0n) is 15.1. The van der Waals surface area contributed by atoms with Gasteiger partial charge in [0.05, 0.1) is 28.5 Å². The predicted molar refractivity (Wildman–Crippen MR) is 105 cm³/mol. The van der Waals surface area contributed by atoms with Gasteiger partial charge in [0.25, 0.3) is 5.91 Å². The Balaban J connectivity index is 1.57. The Morgan fingerprint density at radius 1 is 0.926 bits per heavy atom. The molecule has 0 aliphatic rings. The summed E-state index contributed by atoms with van der Waals surface area (Å²) in [6.45, 7) is 3.84. The summed E-state index contributed by atoms with van der Waals surface area (Å²) < 4.78 is 3.59. The van der Waals surface area contributed by atoms with Gasteiger partial charge >= 0.3 is 0 Å². The minimum Gasteiger partial charge on any atom is -0.319 e. The molecule has 0 saturated carbocycles. The number of hydrogen-bond acceptors (Lipinski definition) is 3. The molecular weight excluding hydrogens is 338 g/mol. The third-order valence-electron chi connectivity index (χ3n) is 4.43. The predicted octanol–water partition coefficient (Wildman–Crippen LogP) is 3.93. The van der Waals surface area contributed by atoms with Gasteiger partial charge in [-0.3, -0.25) is 4.79 Å². The highest BCUT2D eigenvalue weighted by Crippen LogP contribution is 2.23. The molecule has 2 heterocycles. The van der Waals surface area contributed by atoms with Gasteiger partial charge in [-0.15, -0.1) is 0 Å². The topological polar surface area (TPSA) is 64.7 Å². The van der Waals surface area contributed by atoms with Crippen molar-refractivity contribution in [2.75, 3.05) is 5.32 Å². The monoisotopic (exact) mass is 357 g/mol. The van der Waals surface area contributed by atoms with Crippen molar-refractivity contribution < 1.29 is 4.79 Å². The van der Waals surface area contributed by atoms with E-state index in [0.29, 0.717) is 5.56 Å². The van der Waals surface area contributed by atoms with Crippen LogP contribution in [0.3, 0.4) is 0 Å². The molecule has 0 aliphatic heterocycles. The first kappa shape index (κ1) is 16.8. The van der Waals surface area contributed by atoms with Crippen LogP contribution in [0.4, 0.5) is 5.69 Å². The first-order chi connectivity index (χ1) is 13.1. The molecule has 0 aliphatic carbocycles. The number of nitrogens with one attached hydrogen (secondary N) is 1. The van der Waals surface area contributed by atoms with Crippen LogP contribution in [0.1, 0.15) is 21.7 Å². The van der Waals surface area contributed by atoms with Gasteiger partial charge in [0.2, 0.25) is 0 Å². The van der Waals surface area contributed by atoms with Crippen LogP contribution in [0.25, 0.3) is 11.4 Å². The third-order valence-corrected chi connectivity index (χ3v) is 4.43. The second-order valence-corrected chi connectivity index (χ2v) is 6.24. The Labute approximate surface area is 157 Å². The van der Waals surface area contributed by atoms with Crippen LogP contribution in [0, 0.1) is 13.8 Å². The van der Waals surface area contributed by atoms with Crippen molar-refractivity contribution in [2.24, 2.45) is 0 Å². The lowest BCUT2D eigenvalue weighted by Gasteiger charge is -2.08. The van der Waals surface area contributed by atoms with Crippen molar-refractivity contribution in [1.82, 2.24) is 19.6 Å². The van der Waals surface area contributed by atoms with E-state index >= 15 is 0 Å². The molecule has 134 valence electrons. The molecule has 2 aromatic carbocycles. The summed E-state index contributed by atoms with van der Waals surface area (Å²) in [7, 11) is 0. The summed E-state index contributed by atoms with van der Waals surface area (Å²) in [5.74, 6) is -0.166. The lowest BCUT2D eigenvalue weighted by Crippen LogP contribution is -2.13. The third kappa shape index (κ3) is 3.25. The van der Waals surface area contributed by atoms with Gasteiger partial charge in [-0.1, -0.05) is 18.2 Å². The molecule has 0 spiro atoms. The highest BCUT2D eigenvalue weighted by atomic mass is 16.1. The lowest BCUT2D eigenvalue weighted by molar-refractivity contribution is 0.102. The number of amides is 1. The first-order valence-electron chi connectivity index (χ1n) is 8.66. The highest BCUT2D eigenvalue weighted by Gasteiger charge is 2.16. The zero-order valence-corrected chi connectivity index (χ0v) is 15.1. The van der Waals surface area contributed by atoms with Crippen LogP contribution in [0.5, 0.6) is 0 Å². The molecule has 0 unspecified atom stereocenters. The summed E-state index contributed by atoms with van der Waals surface area (Å²) in [6.07, 6.45) is 3.58. The molecule has 0 atom stereocenters. The molecule has 4 aromatic rings. The molecule has 27 heavy (non-hydrogen) atoms. The number of carbonyl (C=O) groups is 1. The maximum Gasteiger partial charge on any atom is 0.255 e. The van der Waals surface area contributed by atoms with Crippen LogP contribution < -0.4 is 5.32 Å². The first-order valence-corrected chi connectivity index (χ1v) is 8.66. The van der Waals surface area contributed by atoms with Crippen LogP contribution >= 0.6 is 0 Å². The number of aryl methyl sites for hydroxylation is 1. The average Bonchev–Trinajstić information content (AvgIpc) is 3.33. The fraction of sp³-hybridized carbons (Fsp3) is 0.0952. The van der Waals surface area contributed by atoms with Gasteiger partial charge in [0.15, 0.2) is 0 Å². The van der Waals surface area contributed by atoms with Gasteiger partial charge in [-0.05, 0) is 56.3 Å². The molecular formula is C21H19N5O. The molecule has 6 nitrogen and oxygen atoms in total. The van der Waals surface area contributed by atoms with Crippen molar-refractivity contribution >= 4 is 11.6 Å². The van der Waals surface area contributed by atoms with E-state index in [9.17, 15) is 4.79 Å². The van der Waals surface area contributed by atoms with E-state index in [4.69, 9.17) is 0 Å². The molecule has 4 rings (SSSR count). The number of anilines is 1. The van der Waals surface area contributed by atoms with Crippen molar-refractivity contribution in [3.8, 4) is 11.4 Å². The van der Waals surface area contributed by atoms with Gasteiger partial charge < -0.3 is 5.32 Å². The minimum absolute atomic E-state index is 0.166. The van der Waals surface area contributed by atoms with Gasteiger partial charge in [0, 0.05) is 18.0 Å². The highest BCUT2D eigenvalue weighted by molar-refractivity contribution is 6.05. The van der Waals surface area contributed by atoms with E-state index in [1.165, 1.54) is 0 Å². The Bertz CT molecular complexity index is 1060. The summed E-state index contributed by atoms with van der Waals surface area (Å²) in [4.78, 5) is 12.7. The second-order valence-electron chi connectivity index (χ2n) is 6.24. The van der Waals surface area contributed by atoms with Crippen molar-refractivity contribution in [3.63, 3.8) is 0 Å². The summed E-state index contributed by atoms with van der Waals surface area (Å²) >= 11 is 0.